The highest BCUT2D eigenvalue weighted by Gasteiger charge is 2.31. The summed E-state index contributed by atoms with van der Waals surface area (Å²) in [6.45, 7) is 1.87. The van der Waals surface area contributed by atoms with Crippen LogP contribution in [0.1, 0.15) is 5.56 Å². The quantitative estimate of drug-likeness (QED) is 0.830. The Balaban J connectivity index is 2.37. The van der Waals surface area contributed by atoms with Crippen molar-refractivity contribution >= 4 is 5.69 Å². The lowest BCUT2D eigenvalue weighted by atomic mass is 10.0. The van der Waals surface area contributed by atoms with Gasteiger partial charge in [-0.3, -0.25) is 0 Å². The fraction of sp³-hybridized carbons (Fsp3) is 0.143. The Kier molecular flexibility index (Phi) is 3.38. The summed E-state index contributed by atoms with van der Waals surface area (Å²) < 4.78 is 40.4. The molecule has 0 aliphatic heterocycles. The molecular formula is C14H12F3NO. The van der Waals surface area contributed by atoms with Crippen LogP contribution < -0.4 is 10.5 Å². The van der Waals surface area contributed by atoms with Crippen molar-refractivity contribution in [2.75, 3.05) is 5.73 Å². The predicted molar refractivity (Wildman–Crippen MR) is 67.7 cm³/mol. The Morgan fingerprint density at radius 1 is 1.00 bits per heavy atom. The first-order chi connectivity index (χ1) is 8.83. The van der Waals surface area contributed by atoms with Gasteiger partial charge in [-0.05, 0) is 47.9 Å². The summed E-state index contributed by atoms with van der Waals surface area (Å²) in [6.07, 6.45) is -4.69. The summed E-state index contributed by atoms with van der Waals surface area (Å²) in [6, 6.07) is 11.2. The molecular weight excluding hydrogens is 255 g/mol. The van der Waals surface area contributed by atoms with Crippen LogP contribution in [0.25, 0.3) is 11.1 Å². The van der Waals surface area contributed by atoms with Gasteiger partial charge in [-0.2, -0.15) is 0 Å². The van der Waals surface area contributed by atoms with Crippen molar-refractivity contribution in [1.29, 1.82) is 0 Å². The standard InChI is InChI=1S/C14H12F3NO/c1-9-5-11(7-12(18)6-9)10-3-2-4-13(8-10)19-14(15,16)17/h2-8H,18H2,1H3. The molecule has 0 bridgehead atoms. The number of benzene rings is 2. The van der Waals surface area contributed by atoms with Gasteiger partial charge in [0.1, 0.15) is 5.75 Å². The Hall–Kier alpha value is -2.17. The predicted octanol–water partition coefficient (Wildman–Crippen LogP) is 4.14. The van der Waals surface area contributed by atoms with Gasteiger partial charge in [-0.15, -0.1) is 13.2 Å². The molecule has 2 N–H and O–H groups in total. The molecule has 2 aromatic carbocycles. The molecule has 2 nitrogen and oxygen atoms in total. The zero-order valence-corrected chi connectivity index (χ0v) is 10.2. The van der Waals surface area contributed by atoms with Gasteiger partial charge in [-0.25, -0.2) is 0 Å². The second-order valence-corrected chi connectivity index (χ2v) is 4.21. The highest BCUT2D eigenvalue weighted by atomic mass is 19.4. The highest BCUT2D eigenvalue weighted by molar-refractivity contribution is 5.69. The topological polar surface area (TPSA) is 35.2 Å². The van der Waals surface area contributed by atoms with Crippen LogP contribution in [0.5, 0.6) is 5.75 Å². The molecule has 2 aromatic rings. The molecule has 0 spiro atoms. The Bertz CT molecular complexity index is 573. The van der Waals surface area contributed by atoms with Crippen molar-refractivity contribution in [2.45, 2.75) is 13.3 Å². The first kappa shape index (κ1) is 13.3. The summed E-state index contributed by atoms with van der Waals surface area (Å²) in [7, 11) is 0. The fourth-order valence-electron chi connectivity index (χ4n) is 1.85. The van der Waals surface area contributed by atoms with E-state index in [1.807, 2.05) is 13.0 Å². The van der Waals surface area contributed by atoms with Gasteiger partial charge >= 0.3 is 6.36 Å². The van der Waals surface area contributed by atoms with Crippen LogP contribution >= 0.6 is 0 Å². The average Bonchev–Trinajstić information content (AvgIpc) is 2.25. The van der Waals surface area contributed by atoms with Crippen LogP contribution in [0.2, 0.25) is 0 Å². The molecule has 0 radical (unpaired) electrons. The summed E-state index contributed by atoms with van der Waals surface area (Å²) in [5.74, 6) is -0.245. The maximum atomic E-state index is 12.2. The van der Waals surface area contributed by atoms with Gasteiger partial charge in [0.15, 0.2) is 0 Å². The van der Waals surface area contributed by atoms with E-state index in [1.165, 1.54) is 18.2 Å². The van der Waals surface area contributed by atoms with E-state index in [9.17, 15) is 13.2 Å². The van der Waals surface area contributed by atoms with Gasteiger partial charge in [0.05, 0.1) is 0 Å². The van der Waals surface area contributed by atoms with Crippen molar-refractivity contribution in [3.8, 4) is 16.9 Å². The molecule has 0 aliphatic carbocycles. The third kappa shape index (κ3) is 3.64. The van der Waals surface area contributed by atoms with E-state index in [1.54, 1.807) is 18.2 Å². The van der Waals surface area contributed by atoms with Crippen LogP contribution in [0.15, 0.2) is 42.5 Å². The first-order valence-electron chi connectivity index (χ1n) is 5.57. The van der Waals surface area contributed by atoms with Gasteiger partial charge < -0.3 is 10.5 Å². The van der Waals surface area contributed by atoms with Crippen LogP contribution in [0.4, 0.5) is 18.9 Å². The largest absolute Gasteiger partial charge is 0.573 e. The SMILES string of the molecule is Cc1cc(N)cc(-c2cccc(OC(F)(F)F)c2)c1. The van der Waals surface area contributed by atoms with Crippen molar-refractivity contribution in [3.63, 3.8) is 0 Å². The number of hydrogen-bond donors (Lipinski definition) is 1. The number of ether oxygens (including phenoxy) is 1. The normalized spacial score (nSPS) is 11.4. The highest BCUT2D eigenvalue weighted by Crippen LogP contribution is 2.29. The number of nitrogen functional groups attached to an aromatic ring is 1. The molecule has 0 saturated heterocycles. The molecule has 0 heterocycles. The number of anilines is 1. The number of alkyl halides is 3. The average molecular weight is 267 g/mol. The van der Waals surface area contributed by atoms with Gasteiger partial charge in [-0.1, -0.05) is 18.2 Å². The number of nitrogens with two attached hydrogens (primary N) is 1. The number of hydrogen-bond acceptors (Lipinski definition) is 2. The van der Waals surface area contributed by atoms with Crippen LogP contribution in [-0.4, -0.2) is 6.36 Å². The zero-order chi connectivity index (χ0) is 14.0. The second kappa shape index (κ2) is 4.84. The summed E-state index contributed by atoms with van der Waals surface area (Å²) >= 11 is 0. The van der Waals surface area contributed by atoms with Crippen LogP contribution in [0.3, 0.4) is 0 Å². The maximum absolute atomic E-state index is 12.2. The molecule has 0 fully saturated rings. The van der Waals surface area contributed by atoms with Gasteiger partial charge in [0.25, 0.3) is 0 Å². The molecule has 0 saturated carbocycles. The molecule has 5 heteroatoms. The van der Waals surface area contributed by atoms with E-state index in [-0.39, 0.29) is 5.75 Å². The third-order valence-corrected chi connectivity index (χ3v) is 2.50. The third-order valence-electron chi connectivity index (χ3n) is 2.50. The molecule has 0 unspecified atom stereocenters. The Morgan fingerprint density at radius 2 is 1.74 bits per heavy atom. The summed E-state index contributed by atoms with van der Waals surface area (Å²) in [5.41, 5.74) is 8.61. The van der Waals surface area contributed by atoms with E-state index >= 15 is 0 Å². The minimum Gasteiger partial charge on any atom is -0.406 e. The summed E-state index contributed by atoms with van der Waals surface area (Å²) in [5, 5.41) is 0. The number of halogens is 3. The van der Waals surface area contributed by atoms with Crippen molar-refractivity contribution < 1.29 is 17.9 Å². The monoisotopic (exact) mass is 267 g/mol. The first-order valence-corrected chi connectivity index (χ1v) is 5.57. The Labute approximate surface area is 108 Å². The van der Waals surface area contributed by atoms with E-state index in [4.69, 9.17) is 5.73 Å². The minimum absolute atomic E-state index is 0.245. The molecule has 2 rings (SSSR count). The van der Waals surface area contributed by atoms with E-state index < -0.39 is 6.36 Å². The van der Waals surface area contributed by atoms with E-state index in [2.05, 4.69) is 4.74 Å². The van der Waals surface area contributed by atoms with Gasteiger partial charge in [0, 0.05) is 5.69 Å². The molecule has 0 aromatic heterocycles. The molecule has 19 heavy (non-hydrogen) atoms. The Morgan fingerprint density at radius 3 is 2.37 bits per heavy atom. The van der Waals surface area contributed by atoms with Crippen molar-refractivity contribution in [1.82, 2.24) is 0 Å². The maximum Gasteiger partial charge on any atom is 0.573 e. The minimum atomic E-state index is -4.69. The smallest absolute Gasteiger partial charge is 0.406 e. The molecule has 0 atom stereocenters. The van der Waals surface area contributed by atoms with E-state index in [0.29, 0.717) is 11.3 Å². The lowest BCUT2D eigenvalue weighted by molar-refractivity contribution is -0.274. The molecule has 0 aliphatic rings. The number of rotatable bonds is 2. The lowest BCUT2D eigenvalue weighted by Gasteiger charge is -2.11. The molecule has 100 valence electrons. The van der Waals surface area contributed by atoms with E-state index in [0.717, 1.165) is 11.1 Å². The summed E-state index contributed by atoms with van der Waals surface area (Å²) in [4.78, 5) is 0. The van der Waals surface area contributed by atoms with Crippen LogP contribution in [-0.2, 0) is 0 Å². The van der Waals surface area contributed by atoms with Gasteiger partial charge in [0.2, 0.25) is 0 Å². The second-order valence-electron chi connectivity index (χ2n) is 4.21. The molecule has 0 amide bonds. The lowest BCUT2D eigenvalue weighted by Crippen LogP contribution is -2.17. The van der Waals surface area contributed by atoms with Crippen molar-refractivity contribution in [2.24, 2.45) is 0 Å². The van der Waals surface area contributed by atoms with Crippen molar-refractivity contribution in [3.05, 3.63) is 48.0 Å². The zero-order valence-electron chi connectivity index (χ0n) is 10.2. The number of aryl methyl sites for hydroxylation is 1. The van der Waals surface area contributed by atoms with Crippen LogP contribution in [0, 0.1) is 6.92 Å². The fourth-order valence-corrected chi connectivity index (χ4v) is 1.85.